The highest BCUT2D eigenvalue weighted by atomic mass is 32.1. The molecule has 5 nitrogen and oxygen atoms in total. The molecule has 1 saturated heterocycles. The number of β-amino-alcohol motifs (C(OH)–C–C–N with tert-alkyl or cyclic N) is 1. The SMILES string of the molecule is CN(C)CC1CC(O)CN1CC(=O)N(C)Cc1cccs1. The summed E-state index contributed by atoms with van der Waals surface area (Å²) in [5.41, 5.74) is 0. The number of thiophene rings is 1. The number of amides is 1. The fourth-order valence-electron chi connectivity index (χ4n) is 2.78. The molecule has 6 heteroatoms. The van der Waals surface area contributed by atoms with Gasteiger partial charge in [0.1, 0.15) is 0 Å². The maximum Gasteiger partial charge on any atom is 0.236 e. The summed E-state index contributed by atoms with van der Waals surface area (Å²) in [4.78, 5) is 19.5. The van der Waals surface area contributed by atoms with Crippen LogP contribution in [0.2, 0.25) is 0 Å². The molecule has 0 saturated carbocycles. The molecule has 2 atom stereocenters. The molecular formula is C15H25N3O2S. The van der Waals surface area contributed by atoms with Crippen molar-refractivity contribution in [1.82, 2.24) is 14.7 Å². The van der Waals surface area contributed by atoms with E-state index in [-0.39, 0.29) is 18.1 Å². The van der Waals surface area contributed by atoms with Gasteiger partial charge in [-0.2, -0.15) is 0 Å². The van der Waals surface area contributed by atoms with Crippen LogP contribution in [-0.4, -0.2) is 78.6 Å². The van der Waals surface area contributed by atoms with Crippen molar-refractivity contribution in [2.75, 3.05) is 40.8 Å². The van der Waals surface area contributed by atoms with Crippen LogP contribution in [-0.2, 0) is 11.3 Å². The first kappa shape index (κ1) is 16.4. The zero-order valence-electron chi connectivity index (χ0n) is 13.0. The molecule has 118 valence electrons. The van der Waals surface area contributed by atoms with Gasteiger partial charge in [0.25, 0.3) is 0 Å². The van der Waals surface area contributed by atoms with Crippen LogP contribution in [0.1, 0.15) is 11.3 Å². The zero-order valence-corrected chi connectivity index (χ0v) is 13.8. The highest BCUT2D eigenvalue weighted by Crippen LogP contribution is 2.19. The molecule has 1 aliphatic rings. The van der Waals surface area contributed by atoms with Gasteiger partial charge in [0.05, 0.1) is 19.2 Å². The minimum atomic E-state index is -0.314. The molecule has 0 radical (unpaired) electrons. The van der Waals surface area contributed by atoms with Gasteiger partial charge in [-0.3, -0.25) is 9.69 Å². The number of likely N-dealkylation sites (tertiary alicyclic amines) is 1. The van der Waals surface area contributed by atoms with Crippen LogP contribution in [0.15, 0.2) is 17.5 Å². The molecule has 0 spiro atoms. The van der Waals surface area contributed by atoms with E-state index in [9.17, 15) is 9.90 Å². The Hall–Kier alpha value is -0.950. The van der Waals surface area contributed by atoms with Crippen molar-refractivity contribution in [1.29, 1.82) is 0 Å². The second-order valence-electron chi connectivity index (χ2n) is 6.06. The van der Waals surface area contributed by atoms with Crippen LogP contribution < -0.4 is 0 Å². The Morgan fingerprint density at radius 1 is 1.48 bits per heavy atom. The first-order valence-corrected chi connectivity index (χ1v) is 8.17. The Labute approximate surface area is 130 Å². The van der Waals surface area contributed by atoms with E-state index >= 15 is 0 Å². The molecule has 1 aliphatic heterocycles. The third-order valence-electron chi connectivity index (χ3n) is 3.82. The molecule has 1 fully saturated rings. The van der Waals surface area contributed by atoms with Crippen molar-refractivity contribution >= 4 is 17.2 Å². The van der Waals surface area contributed by atoms with Crippen LogP contribution in [0.5, 0.6) is 0 Å². The number of rotatable bonds is 6. The number of carbonyl (C=O) groups excluding carboxylic acids is 1. The quantitative estimate of drug-likeness (QED) is 0.840. The summed E-state index contributed by atoms with van der Waals surface area (Å²) in [5, 5.41) is 11.9. The first-order valence-electron chi connectivity index (χ1n) is 7.29. The van der Waals surface area contributed by atoms with Crippen molar-refractivity contribution in [3.63, 3.8) is 0 Å². The summed E-state index contributed by atoms with van der Waals surface area (Å²) in [6.07, 6.45) is 0.436. The fraction of sp³-hybridized carbons (Fsp3) is 0.667. The van der Waals surface area contributed by atoms with Gasteiger partial charge in [0.15, 0.2) is 0 Å². The minimum Gasteiger partial charge on any atom is -0.392 e. The Kier molecular flexibility index (Phi) is 5.75. The van der Waals surface area contributed by atoms with E-state index in [1.165, 1.54) is 4.88 Å². The molecule has 0 aromatic carbocycles. The fourth-order valence-corrected chi connectivity index (χ4v) is 3.54. The Bertz CT molecular complexity index is 450. The van der Waals surface area contributed by atoms with E-state index in [0.29, 0.717) is 19.6 Å². The normalized spacial score (nSPS) is 22.9. The summed E-state index contributed by atoms with van der Waals surface area (Å²) in [5.74, 6) is 0.112. The average Bonchev–Trinajstić information content (AvgIpc) is 2.99. The van der Waals surface area contributed by atoms with Gasteiger partial charge in [-0.25, -0.2) is 0 Å². The standard InChI is InChI=1S/C15H25N3O2S/c1-16(2)8-12-7-13(19)9-18(12)11-15(20)17(3)10-14-5-4-6-21-14/h4-6,12-13,19H,7-11H2,1-3H3. The number of nitrogens with zero attached hydrogens (tertiary/aromatic N) is 3. The Morgan fingerprint density at radius 2 is 2.24 bits per heavy atom. The van der Waals surface area contributed by atoms with Crippen molar-refractivity contribution < 1.29 is 9.90 Å². The number of likely N-dealkylation sites (N-methyl/N-ethyl adjacent to an activating group) is 2. The largest absolute Gasteiger partial charge is 0.392 e. The van der Waals surface area contributed by atoms with Crippen LogP contribution in [0.4, 0.5) is 0 Å². The van der Waals surface area contributed by atoms with Gasteiger partial charge in [-0.1, -0.05) is 6.07 Å². The lowest BCUT2D eigenvalue weighted by Crippen LogP contribution is -2.43. The van der Waals surface area contributed by atoms with Gasteiger partial charge in [0, 0.05) is 31.1 Å². The lowest BCUT2D eigenvalue weighted by Gasteiger charge is -2.28. The minimum absolute atomic E-state index is 0.112. The number of aliphatic hydroxyl groups excluding tert-OH is 1. The molecule has 2 unspecified atom stereocenters. The molecule has 2 heterocycles. The number of hydrogen-bond donors (Lipinski definition) is 1. The third kappa shape index (κ3) is 4.78. The Balaban J connectivity index is 1.88. The van der Waals surface area contributed by atoms with Crippen molar-refractivity contribution in [3.8, 4) is 0 Å². The number of hydrogen-bond acceptors (Lipinski definition) is 5. The summed E-state index contributed by atoms with van der Waals surface area (Å²) in [7, 11) is 5.89. The zero-order chi connectivity index (χ0) is 15.4. The van der Waals surface area contributed by atoms with Crippen LogP contribution in [0.3, 0.4) is 0 Å². The topological polar surface area (TPSA) is 47.0 Å². The monoisotopic (exact) mass is 311 g/mol. The summed E-state index contributed by atoms with van der Waals surface area (Å²) < 4.78 is 0. The highest BCUT2D eigenvalue weighted by Gasteiger charge is 2.32. The van der Waals surface area contributed by atoms with Crippen molar-refractivity contribution in [3.05, 3.63) is 22.4 Å². The summed E-state index contributed by atoms with van der Waals surface area (Å²) >= 11 is 1.67. The second-order valence-corrected chi connectivity index (χ2v) is 7.10. The molecule has 1 aromatic rings. The second kappa shape index (κ2) is 7.35. The maximum atomic E-state index is 12.4. The lowest BCUT2D eigenvalue weighted by atomic mass is 10.2. The van der Waals surface area contributed by atoms with Gasteiger partial charge in [-0.15, -0.1) is 11.3 Å². The van der Waals surface area contributed by atoms with Gasteiger partial charge in [-0.05, 0) is 32.0 Å². The number of aliphatic hydroxyl groups is 1. The average molecular weight is 311 g/mol. The van der Waals surface area contributed by atoms with Gasteiger partial charge < -0.3 is 14.9 Å². The van der Waals surface area contributed by atoms with Crippen LogP contribution >= 0.6 is 11.3 Å². The summed E-state index contributed by atoms with van der Waals surface area (Å²) in [6, 6.07) is 4.31. The molecule has 2 rings (SSSR count). The van der Waals surface area contributed by atoms with Crippen LogP contribution in [0.25, 0.3) is 0 Å². The van der Waals surface area contributed by atoms with E-state index < -0.39 is 0 Å². The molecule has 0 bridgehead atoms. The van der Waals surface area contributed by atoms with E-state index in [0.717, 1.165) is 13.0 Å². The molecule has 0 aliphatic carbocycles. The highest BCUT2D eigenvalue weighted by molar-refractivity contribution is 7.09. The molecular weight excluding hydrogens is 286 g/mol. The number of carbonyl (C=O) groups is 1. The van der Waals surface area contributed by atoms with Gasteiger partial charge >= 0.3 is 0 Å². The maximum absolute atomic E-state index is 12.4. The third-order valence-corrected chi connectivity index (χ3v) is 4.68. The van der Waals surface area contributed by atoms with Crippen molar-refractivity contribution in [2.24, 2.45) is 0 Å². The molecule has 1 amide bonds. The summed E-state index contributed by atoms with van der Waals surface area (Å²) in [6.45, 7) is 2.51. The van der Waals surface area contributed by atoms with Crippen LogP contribution in [0, 0.1) is 0 Å². The van der Waals surface area contributed by atoms with E-state index in [4.69, 9.17) is 0 Å². The van der Waals surface area contributed by atoms with E-state index in [1.54, 1.807) is 16.2 Å². The molecule has 1 aromatic heterocycles. The van der Waals surface area contributed by atoms with Gasteiger partial charge in [0.2, 0.25) is 5.91 Å². The smallest absolute Gasteiger partial charge is 0.236 e. The van der Waals surface area contributed by atoms with E-state index in [2.05, 4.69) is 9.80 Å². The van der Waals surface area contributed by atoms with E-state index in [1.807, 2.05) is 38.7 Å². The predicted molar refractivity (Wildman–Crippen MR) is 85.3 cm³/mol. The molecule has 1 N–H and O–H groups in total. The predicted octanol–water partition coefficient (Wildman–Crippen LogP) is 0.703. The van der Waals surface area contributed by atoms with Crippen molar-refractivity contribution in [2.45, 2.75) is 25.1 Å². The Morgan fingerprint density at radius 3 is 2.86 bits per heavy atom. The molecule has 21 heavy (non-hydrogen) atoms. The lowest BCUT2D eigenvalue weighted by molar-refractivity contribution is -0.131. The first-order chi connectivity index (χ1) is 9.95.